The maximum Gasteiger partial charge on any atom is 0.407 e. The number of hydrogen-bond acceptors (Lipinski definition) is 6. The normalized spacial score (nSPS) is 12.1. The van der Waals surface area contributed by atoms with Gasteiger partial charge in [-0.05, 0) is 43.4 Å². The number of H-pyrrole nitrogens is 1. The van der Waals surface area contributed by atoms with Crippen LogP contribution in [0.5, 0.6) is 0 Å². The summed E-state index contributed by atoms with van der Waals surface area (Å²) >= 11 is 0. The second kappa shape index (κ2) is 13.7. The van der Waals surface area contributed by atoms with Gasteiger partial charge in [0.1, 0.15) is 28.9 Å². The van der Waals surface area contributed by atoms with E-state index in [1.165, 1.54) is 33.9 Å². The third-order valence-electron chi connectivity index (χ3n) is 6.15. The number of ether oxygens (including phenoxy) is 1. The van der Waals surface area contributed by atoms with Crippen molar-refractivity contribution in [3.05, 3.63) is 69.9 Å². The van der Waals surface area contributed by atoms with Crippen molar-refractivity contribution in [1.29, 1.82) is 0 Å². The average Bonchev–Trinajstić information content (AvgIpc) is 3.34. The molecule has 0 saturated carbocycles. The number of hydrogen-bond donors (Lipinski definition) is 3. The number of nitrogens with one attached hydrogen (secondary N) is 3. The van der Waals surface area contributed by atoms with Crippen LogP contribution in [0.4, 0.5) is 19.3 Å². The van der Waals surface area contributed by atoms with Crippen molar-refractivity contribution in [1.82, 2.24) is 24.8 Å². The molecule has 0 fully saturated rings. The minimum absolute atomic E-state index is 0.0207. The van der Waals surface area contributed by atoms with Crippen molar-refractivity contribution in [2.75, 3.05) is 26.5 Å². The summed E-state index contributed by atoms with van der Waals surface area (Å²) in [6.45, 7) is 3.73. The molecule has 41 heavy (non-hydrogen) atoms. The quantitative estimate of drug-likeness (QED) is 0.301. The number of allylic oxidation sites excluding steroid dienone is 1. The molecule has 11 nitrogen and oxygen atoms in total. The number of benzene rings is 1. The number of amides is 3. The van der Waals surface area contributed by atoms with E-state index in [2.05, 4.69) is 25.3 Å². The SMILES string of the molecule is COC(=O)N[C@@H](CC/C=C/C(=O)N(C)C)C(=O)Nc1cccn(Cc2nc3c(F)cc(F)c(CC(C)C)c3[nH]2)c1=O. The number of aromatic nitrogens is 3. The molecule has 3 amide bonds. The van der Waals surface area contributed by atoms with Crippen LogP contribution >= 0.6 is 0 Å². The van der Waals surface area contributed by atoms with Gasteiger partial charge < -0.3 is 29.8 Å². The zero-order valence-electron chi connectivity index (χ0n) is 23.6. The van der Waals surface area contributed by atoms with Gasteiger partial charge in [0.2, 0.25) is 11.8 Å². The molecule has 0 spiro atoms. The number of nitrogens with zero attached hydrogens (tertiary/aromatic N) is 3. The van der Waals surface area contributed by atoms with Gasteiger partial charge in [0.05, 0.1) is 19.2 Å². The molecule has 2 aromatic heterocycles. The van der Waals surface area contributed by atoms with Crippen LogP contribution in [-0.2, 0) is 27.3 Å². The lowest BCUT2D eigenvalue weighted by Crippen LogP contribution is -2.44. The molecule has 0 unspecified atom stereocenters. The lowest BCUT2D eigenvalue weighted by molar-refractivity contribution is -0.123. The number of rotatable bonds is 11. The Kier molecular flexibility index (Phi) is 10.3. The van der Waals surface area contributed by atoms with Crippen molar-refractivity contribution >= 4 is 34.6 Å². The van der Waals surface area contributed by atoms with Crippen LogP contribution in [0.15, 0.2) is 41.3 Å². The summed E-state index contributed by atoms with van der Waals surface area (Å²) in [5.74, 6) is -2.05. The highest BCUT2D eigenvalue weighted by atomic mass is 19.1. The number of fused-ring (bicyclic) bond motifs is 1. The molecule has 0 saturated heterocycles. The number of carbonyl (C=O) groups is 3. The molecule has 0 bridgehead atoms. The molecule has 220 valence electrons. The van der Waals surface area contributed by atoms with Crippen LogP contribution in [0.25, 0.3) is 11.0 Å². The second-order valence-electron chi connectivity index (χ2n) is 10.1. The van der Waals surface area contributed by atoms with E-state index < -0.39 is 35.2 Å². The molecule has 0 aliphatic rings. The average molecular weight is 573 g/mol. The van der Waals surface area contributed by atoms with E-state index in [9.17, 15) is 28.0 Å². The summed E-state index contributed by atoms with van der Waals surface area (Å²) in [6.07, 6.45) is 4.33. The molecule has 3 N–H and O–H groups in total. The molecular formula is C28H34F2N6O5. The lowest BCUT2D eigenvalue weighted by atomic mass is 10.0. The van der Waals surface area contributed by atoms with E-state index in [0.717, 1.165) is 13.2 Å². The highest BCUT2D eigenvalue weighted by Crippen LogP contribution is 2.25. The Balaban J connectivity index is 1.81. The smallest absolute Gasteiger partial charge is 0.407 e. The van der Waals surface area contributed by atoms with Crippen molar-refractivity contribution in [2.24, 2.45) is 5.92 Å². The zero-order chi connectivity index (χ0) is 30.3. The van der Waals surface area contributed by atoms with Crippen LogP contribution < -0.4 is 16.2 Å². The van der Waals surface area contributed by atoms with Gasteiger partial charge in [-0.2, -0.15) is 0 Å². The predicted molar refractivity (Wildman–Crippen MR) is 149 cm³/mol. The summed E-state index contributed by atoms with van der Waals surface area (Å²) < 4.78 is 34.8. The first-order valence-electron chi connectivity index (χ1n) is 13.0. The summed E-state index contributed by atoms with van der Waals surface area (Å²) in [4.78, 5) is 58.3. The molecule has 2 heterocycles. The Hall–Kier alpha value is -4.55. The second-order valence-corrected chi connectivity index (χ2v) is 10.1. The molecular weight excluding hydrogens is 538 g/mol. The molecule has 1 atom stereocenters. The van der Waals surface area contributed by atoms with E-state index in [4.69, 9.17) is 0 Å². The number of methoxy groups -OCH3 is 1. The summed E-state index contributed by atoms with van der Waals surface area (Å²) in [6, 6.07) is 2.67. The predicted octanol–water partition coefficient (Wildman–Crippen LogP) is 3.34. The lowest BCUT2D eigenvalue weighted by Gasteiger charge is -2.17. The van der Waals surface area contributed by atoms with E-state index in [0.29, 0.717) is 12.0 Å². The minimum atomic E-state index is -1.07. The zero-order valence-corrected chi connectivity index (χ0v) is 23.6. The Morgan fingerprint density at radius 2 is 1.95 bits per heavy atom. The number of anilines is 1. The highest BCUT2D eigenvalue weighted by molar-refractivity contribution is 5.96. The first-order valence-corrected chi connectivity index (χ1v) is 13.0. The molecule has 3 rings (SSSR count). The number of likely N-dealkylation sites (N-methyl/N-ethyl adjacent to an activating group) is 1. The number of imidazole rings is 1. The highest BCUT2D eigenvalue weighted by Gasteiger charge is 2.22. The van der Waals surface area contributed by atoms with Crippen molar-refractivity contribution < 1.29 is 27.9 Å². The first-order chi connectivity index (χ1) is 19.4. The maximum atomic E-state index is 14.5. The Morgan fingerprint density at radius 3 is 2.61 bits per heavy atom. The van der Waals surface area contributed by atoms with Gasteiger partial charge in [0.25, 0.3) is 5.56 Å². The van der Waals surface area contributed by atoms with Gasteiger partial charge in [-0.25, -0.2) is 18.6 Å². The first kappa shape index (κ1) is 31.0. The van der Waals surface area contributed by atoms with Gasteiger partial charge in [0, 0.05) is 31.9 Å². The van der Waals surface area contributed by atoms with Crippen LogP contribution in [-0.4, -0.2) is 64.6 Å². The van der Waals surface area contributed by atoms with E-state index in [1.54, 1.807) is 20.2 Å². The monoisotopic (exact) mass is 572 g/mol. The van der Waals surface area contributed by atoms with Gasteiger partial charge in [0.15, 0.2) is 5.82 Å². The minimum Gasteiger partial charge on any atom is -0.453 e. The molecule has 1 aromatic carbocycles. The topological polar surface area (TPSA) is 138 Å². The fourth-order valence-corrected chi connectivity index (χ4v) is 4.09. The number of alkyl carbamates (subject to hydrolysis) is 1. The summed E-state index contributed by atoms with van der Waals surface area (Å²) in [5, 5.41) is 4.95. The van der Waals surface area contributed by atoms with Crippen molar-refractivity contribution in [3.8, 4) is 0 Å². The number of carbonyl (C=O) groups excluding carboxylic acids is 3. The van der Waals surface area contributed by atoms with Crippen LogP contribution in [0.1, 0.15) is 38.1 Å². The molecule has 0 radical (unpaired) electrons. The van der Waals surface area contributed by atoms with Gasteiger partial charge in [-0.15, -0.1) is 0 Å². The van der Waals surface area contributed by atoms with Gasteiger partial charge >= 0.3 is 6.09 Å². The van der Waals surface area contributed by atoms with Gasteiger partial charge in [-0.1, -0.05) is 19.9 Å². The van der Waals surface area contributed by atoms with Crippen LogP contribution in [0, 0.1) is 17.6 Å². The Bertz CT molecular complexity index is 1510. The largest absolute Gasteiger partial charge is 0.453 e. The third kappa shape index (κ3) is 7.99. The van der Waals surface area contributed by atoms with Crippen LogP contribution in [0.2, 0.25) is 0 Å². The summed E-state index contributed by atoms with van der Waals surface area (Å²) in [7, 11) is 4.36. The van der Waals surface area contributed by atoms with E-state index >= 15 is 0 Å². The molecule has 0 aliphatic heterocycles. The van der Waals surface area contributed by atoms with E-state index in [1.807, 2.05) is 13.8 Å². The Labute approximate surface area is 235 Å². The third-order valence-corrected chi connectivity index (χ3v) is 6.15. The molecule has 0 aliphatic carbocycles. The Morgan fingerprint density at radius 1 is 1.22 bits per heavy atom. The summed E-state index contributed by atoms with van der Waals surface area (Å²) in [5.41, 5.74) is -0.118. The van der Waals surface area contributed by atoms with Gasteiger partial charge in [-0.3, -0.25) is 14.4 Å². The number of aromatic amines is 1. The fourth-order valence-electron chi connectivity index (χ4n) is 4.09. The maximum absolute atomic E-state index is 14.5. The van der Waals surface area contributed by atoms with Crippen LogP contribution in [0.3, 0.4) is 0 Å². The molecule has 3 aromatic rings. The number of pyridine rings is 1. The van der Waals surface area contributed by atoms with Crippen molar-refractivity contribution in [2.45, 2.75) is 45.7 Å². The van der Waals surface area contributed by atoms with Crippen molar-refractivity contribution in [3.63, 3.8) is 0 Å². The fraction of sp³-hybridized carbons (Fsp3) is 0.393. The standard InChI is InChI=1S/C28H34F2N6O5/c1-16(2)13-17-18(29)14-19(30)25-24(17)33-22(34-25)15-36-12-8-10-21(27(36)39)31-26(38)20(32-28(40)41-5)9-6-7-11-23(37)35(3)4/h7-8,10-12,14,16,20H,6,9,13,15H2,1-5H3,(H,31,38)(H,32,40)(H,33,34)/b11-7+/t20-/m0/s1. The number of halogens is 2. The van der Waals surface area contributed by atoms with E-state index in [-0.39, 0.29) is 53.8 Å². The molecule has 13 heteroatoms.